The average Bonchev–Trinajstić information content (AvgIpc) is 2.61. The fourth-order valence-corrected chi connectivity index (χ4v) is 1.99. The van der Waals surface area contributed by atoms with Crippen LogP contribution in [0.5, 0.6) is 0 Å². The van der Waals surface area contributed by atoms with Crippen molar-refractivity contribution in [2.24, 2.45) is 0 Å². The van der Waals surface area contributed by atoms with Crippen LogP contribution >= 0.6 is 11.3 Å². The molecule has 0 aliphatic carbocycles. The zero-order chi connectivity index (χ0) is 11.5. The molecule has 1 aromatic rings. The van der Waals surface area contributed by atoms with Crippen molar-refractivity contribution in [3.05, 3.63) is 28.0 Å². The van der Waals surface area contributed by atoms with E-state index in [0.717, 1.165) is 11.0 Å². The topological polar surface area (TPSA) is 26.3 Å². The van der Waals surface area contributed by atoms with E-state index in [1.807, 2.05) is 12.1 Å². The van der Waals surface area contributed by atoms with Crippen molar-refractivity contribution in [3.63, 3.8) is 0 Å². The molecule has 0 bridgehead atoms. The summed E-state index contributed by atoms with van der Waals surface area (Å²) in [7, 11) is 0. The summed E-state index contributed by atoms with van der Waals surface area (Å²) in [6.45, 7) is 6.34. The number of hydrogen-bond donors (Lipinski definition) is 0. The van der Waals surface area contributed by atoms with Gasteiger partial charge >= 0.3 is 5.97 Å². The van der Waals surface area contributed by atoms with E-state index in [4.69, 9.17) is 0 Å². The van der Waals surface area contributed by atoms with Gasteiger partial charge in [0.1, 0.15) is 0 Å². The Hall–Kier alpha value is -1.16. The predicted molar refractivity (Wildman–Crippen MR) is 59.3 cm³/mol. The fourth-order valence-electron chi connectivity index (χ4n) is 1.02. The molecule has 1 aromatic heterocycles. The summed E-state index contributed by atoms with van der Waals surface area (Å²) in [4.78, 5) is 15.7. The first-order valence-electron chi connectivity index (χ1n) is 4.54. The summed E-state index contributed by atoms with van der Waals surface area (Å²) in [6.07, 6.45) is 2.61. The third-order valence-electron chi connectivity index (χ3n) is 1.83. The highest BCUT2D eigenvalue weighted by molar-refractivity contribution is 7.13. The highest BCUT2D eigenvalue weighted by atomic mass is 32.1. The van der Waals surface area contributed by atoms with E-state index in [0.29, 0.717) is 0 Å². The average molecular weight is 228 g/mol. The lowest BCUT2D eigenvalue weighted by Crippen LogP contribution is -2.07. The summed E-state index contributed by atoms with van der Waals surface area (Å²) < 4.78 is 11.4. The van der Waals surface area contributed by atoms with Crippen LogP contribution in [-0.4, -0.2) is 5.97 Å². The molecule has 0 aromatic carbocycles. The van der Waals surface area contributed by atoms with Crippen molar-refractivity contribution in [2.75, 3.05) is 0 Å². The van der Waals surface area contributed by atoms with E-state index >= 15 is 0 Å². The minimum absolute atomic E-state index is 0.0946. The second kappa shape index (κ2) is 4.57. The highest BCUT2D eigenvalue weighted by Crippen LogP contribution is 2.29. The van der Waals surface area contributed by atoms with Crippen LogP contribution in [0, 0.1) is 0 Å². The summed E-state index contributed by atoms with van der Waals surface area (Å²) in [5, 5.41) is 0. The smallest absolute Gasteiger partial charge is 0.250 e. The normalized spacial score (nSPS) is 12.0. The van der Waals surface area contributed by atoms with Crippen LogP contribution in [0.4, 0.5) is 4.53 Å². The van der Waals surface area contributed by atoms with Gasteiger partial charge in [-0.15, -0.1) is 11.3 Å². The molecule has 1 rings (SSSR count). The van der Waals surface area contributed by atoms with Crippen molar-refractivity contribution in [2.45, 2.75) is 26.2 Å². The highest BCUT2D eigenvalue weighted by Gasteiger charge is 2.15. The van der Waals surface area contributed by atoms with Gasteiger partial charge < -0.3 is 0 Å². The first-order valence-corrected chi connectivity index (χ1v) is 5.36. The van der Waals surface area contributed by atoms with Crippen LogP contribution in [0.1, 0.15) is 30.5 Å². The quantitative estimate of drug-likeness (QED) is 0.724. The molecule has 1 heterocycles. The lowest BCUT2D eigenvalue weighted by Gasteiger charge is -2.15. The third kappa shape index (κ3) is 3.47. The van der Waals surface area contributed by atoms with E-state index in [9.17, 15) is 9.32 Å². The lowest BCUT2D eigenvalue weighted by atomic mass is 9.95. The van der Waals surface area contributed by atoms with E-state index in [-0.39, 0.29) is 5.41 Å². The molecule has 0 unspecified atom stereocenters. The zero-order valence-corrected chi connectivity index (χ0v) is 9.73. The fraction of sp³-hybridized carbons (Fsp3) is 0.364. The zero-order valence-electron chi connectivity index (χ0n) is 8.91. The van der Waals surface area contributed by atoms with Gasteiger partial charge in [0.2, 0.25) is 0 Å². The molecule has 0 saturated carbocycles. The molecule has 4 heteroatoms. The van der Waals surface area contributed by atoms with Crippen molar-refractivity contribution in [1.82, 2.24) is 0 Å². The predicted octanol–water partition coefficient (Wildman–Crippen LogP) is 3.49. The Kier molecular flexibility index (Phi) is 3.63. The molecule has 0 spiro atoms. The van der Waals surface area contributed by atoms with E-state index < -0.39 is 5.97 Å². The molecule has 0 N–H and O–H groups in total. The van der Waals surface area contributed by atoms with E-state index in [2.05, 4.69) is 25.7 Å². The first kappa shape index (κ1) is 11.9. The summed E-state index contributed by atoms with van der Waals surface area (Å²) in [6, 6.07) is 3.90. The summed E-state index contributed by atoms with van der Waals surface area (Å²) in [5.41, 5.74) is 0.0946. The van der Waals surface area contributed by atoms with Crippen LogP contribution in [-0.2, 0) is 15.2 Å². The van der Waals surface area contributed by atoms with Crippen molar-refractivity contribution >= 4 is 23.4 Å². The van der Waals surface area contributed by atoms with E-state index in [1.54, 1.807) is 17.4 Å². The number of halogens is 1. The van der Waals surface area contributed by atoms with Gasteiger partial charge in [-0.2, -0.15) is 0 Å². The molecule has 0 aliphatic heterocycles. The molecular formula is C11H13FO2S. The molecule has 82 valence electrons. The second-order valence-corrected chi connectivity index (χ2v) is 5.30. The van der Waals surface area contributed by atoms with Crippen molar-refractivity contribution in [3.8, 4) is 0 Å². The standard InChI is InChI=1S/C11H13FO2S/c1-11(2,3)9-6-4-8(15-9)5-7-10(13)14-12/h4-7H,1-3H3/b7-5+. The van der Waals surface area contributed by atoms with Gasteiger partial charge in [-0.1, -0.05) is 20.8 Å². The molecule has 0 fully saturated rings. The number of carbonyl (C=O) groups excluding carboxylic acids is 1. The second-order valence-electron chi connectivity index (χ2n) is 4.18. The van der Waals surface area contributed by atoms with Crippen LogP contribution < -0.4 is 0 Å². The Morgan fingerprint density at radius 3 is 2.60 bits per heavy atom. The van der Waals surface area contributed by atoms with Crippen molar-refractivity contribution in [1.29, 1.82) is 0 Å². The molecule has 0 saturated heterocycles. The maximum Gasteiger partial charge on any atom is 0.372 e. The Balaban J connectivity index is 2.77. The Labute approximate surface area is 92.3 Å². The summed E-state index contributed by atoms with van der Waals surface area (Å²) >= 11 is 1.58. The van der Waals surface area contributed by atoms with Crippen LogP contribution in [0.2, 0.25) is 0 Å². The number of carbonyl (C=O) groups is 1. The maximum atomic E-state index is 11.4. The Morgan fingerprint density at radius 1 is 1.47 bits per heavy atom. The van der Waals surface area contributed by atoms with Crippen LogP contribution in [0.15, 0.2) is 18.2 Å². The third-order valence-corrected chi connectivity index (χ3v) is 3.30. The van der Waals surface area contributed by atoms with Gasteiger partial charge in [0, 0.05) is 20.4 Å². The first-order chi connectivity index (χ1) is 6.93. The molecule has 0 radical (unpaired) electrons. The van der Waals surface area contributed by atoms with Crippen molar-refractivity contribution < 1.29 is 14.3 Å². The van der Waals surface area contributed by atoms with Gasteiger partial charge in [0.15, 0.2) is 0 Å². The van der Waals surface area contributed by atoms with Crippen LogP contribution in [0.3, 0.4) is 0 Å². The molecular weight excluding hydrogens is 215 g/mol. The minimum atomic E-state index is -0.985. The molecule has 2 nitrogen and oxygen atoms in total. The maximum absolute atomic E-state index is 11.4. The molecule has 15 heavy (non-hydrogen) atoms. The van der Waals surface area contributed by atoms with Crippen LogP contribution in [0.25, 0.3) is 6.08 Å². The molecule has 0 amide bonds. The largest absolute Gasteiger partial charge is 0.372 e. The lowest BCUT2D eigenvalue weighted by molar-refractivity contribution is -0.176. The Morgan fingerprint density at radius 2 is 2.13 bits per heavy atom. The van der Waals surface area contributed by atoms with Gasteiger partial charge in [-0.05, 0) is 23.6 Å². The summed E-state index contributed by atoms with van der Waals surface area (Å²) in [5.74, 6) is -0.985. The monoisotopic (exact) mass is 228 g/mol. The Bertz CT molecular complexity index is 374. The number of hydrogen-bond acceptors (Lipinski definition) is 3. The van der Waals surface area contributed by atoms with Gasteiger partial charge in [-0.3, -0.25) is 4.94 Å². The van der Waals surface area contributed by atoms with E-state index in [1.165, 1.54) is 4.88 Å². The molecule has 0 atom stereocenters. The number of thiophene rings is 1. The number of rotatable bonds is 2. The van der Waals surface area contributed by atoms with Gasteiger partial charge in [-0.25, -0.2) is 4.79 Å². The molecule has 0 aliphatic rings. The van der Waals surface area contributed by atoms with Gasteiger partial charge in [0.05, 0.1) is 0 Å². The SMILES string of the molecule is CC(C)(C)c1ccc(/C=C/C(=O)OF)s1. The minimum Gasteiger partial charge on any atom is -0.250 e. The van der Waals surface area contributed by atoms with Gasteiger partial charge in [0.25, 0.3) is 0 Å².